The van der Waals surface area contributed by atoms with Crippen LogP contribution in [0.15, 0.2) is 42.5 Å². The van der Waals surface area contributed by atoms with E-state index in [4.69, 9.17) is 4.74 Å². The Hall–Kier alpha value is -3.03. The molecule has 8 heteroatoms. The molecular weight excluding hydrogens is 385 g/mol. The minimum Gasteiger partial charge on any atom is -0.481 e. The summed E-state index contributed by atoms with van der Waals surface area (Å²) in [6.45, 7) is 3.31. The molecular formula is C21H21F3N2O3. The van der Waals surface area contributed by atoms with Gasteiger partial charge in [0, 0.05) is 11.6 Å². The van der Waals surface area contributed by atoms with Gasteiger partial charge in [0.25, 0.3) is 5.91 Å². The number of anilines is 2. The van der Waals surface area contributed by atoms with Crippen LogP contribution in [0.3, 0.4) is 0 Å². The average molecular weight is 406 g/mol. The first-order chi connectivity index (χ1) is 13.6. The van der Waals surface area contributed by atoms with Crippen molar-refractivity contribution < 1.29 is 27.5 Å². The van der Waals surface area contributed by atoms with Crippen LogP contribution in [0.1, 0.15) is 30.9 Å². The van der Waals surface area contributed by atoms with Crippen molar-refractivity contribution in [2.75, 3.05) is 10.6 Å². The number of benzene rings is 2. The van der Waals surface area contributed by atoms with E-state index in [-0.39, 0.29) is 17.5 Å². The molecule has 0 heterocycles. The summed E-state index contributed by atoms with van der Waals surface area (Å²) in [4.78, 5) is 24.2. The van der Waals surface area contributed by atoms with Gasteiger partial charge in [0.1, 0.15) is 5.75 Å². The molecule has 2 N–H and O–H groups in total. The van der Waals surface area contributed by atoms with Crippen molar-refractivity contribution in [2.24, 2.45) is 5.92 Å². The number of ether oxygens (including phenoxy) is 1. The van der Waals surface area contributed by atoms with Crippen LogP contribution >= 0.6 is 0 Å². The second-order valence-electron chi connectivity index (χ2n) is 7.09. The molecule has 5 nitrogen and oxygen atoms in total. The molecule has 1 aliphatic rings. The summed E-state index contributed by atoms with van der Waals surface area (Å²) >= 11 is 0. The van der Waals surface area contributed by atoms with Crippen molar-refractivity contribution in [3.8, 4) is 5.75 Å². The molecule has 3 rings (SSSR count). The zero-order valence-electron chi connectivity index (χ0n) is 16.0. The van der Waals surface area contributed by atoms with Crippen LogP contribution in [-0.2, 0) is 15.8 Å². The van der Waals surface area contributed by atoms with Gasteiger partial charge in [-0.1, -0.05) is 12.1 Å². The van der Waals surface area contributed by atoms with Crippen LogP contribution in [0.25, 0.3) is 0 Å². The van der Waals surface area contributed by atoms with Crippen LogP contribution in [0.5, 0.6) is 5.75 Å². The highest BCUT2D eigenvalue weighted by molar-refractivity contribution is 5.97. The number of halogens is 3. The summed E-state index contributed by atoms with van der Waals surface area (Å²) < 4.78 is 46.0. The van der Waals surface area contributed by atoms with Gasteiger partial charge in [-0.15, -0.1) is 0 Å². The van der Waals surface area contributed by atoms with Crippen molar-refractivity contribution in [1.82, 2.24) is 0 Å². The Bertz CT molecular complexity index is 924. The molecule has 1 unspecified atom stereocenters. The fourth-order valence-electron chi connectivity index (χ4n) is 2.74. The largest absolute Gasteiger partial charge is 0.481 e. The Morgan fingerprint density at radius 3 is 2.45 bits per heavy atom. The summed E-state index contributed by atoms with van der Waals surface area (Å²) in [7, 11) is 0. The Balaban J connectivity index is 1.74. The van der Waals surface area contributed by atoms with Crippen molar-refractivity contribution >= 4 is 23.2 Å². The third-order valence-electron chi connectivity index (χ3n) is 4.47. The van der Waals surface area contributed by atoms with Crippen LogP contribution in [-0.4, -0.2) is 17.9 Å². The number of amides is 2. The van der Waals surface area contributed by atoms with Crippen molar-refractivity contribution in [2.45, 2.75) is 39.0 Å². The van der Waals surface area contributed by atoms with Gasteiger partial charge in [0.15, 0.2) is 6.10 Å². The maximum Gasteiger partial charge on any atom is 0.418 e. The summed E-state index contributed by atoms with van der Waals surface area (Å²) in [6.07, 6.45) is -4.23. The molecule has 0 saturated heterocycles. The first-order valence-corrected chi connectivity index (χ1v) is 9.20. The second-order valence-corrected chi connectivity index (χ2v) is 7.09. The lowest BCUT2D eigenvalue weighted by Gasteiger charge is -2.18. The minimum atomic E-state index is -4.70. The van der Waals surface area contributed by atoms with Crippen LogP contribution in [0.2, 0.25) is 0 Å². The fraction of sp³-hybridized carbons (Fsp3) is 0.333. The molecule has 0 bridgehead atoms. The lowest BCUT2D eigenvalue weighted by atomic mass is 10.1. The van der Waals surface area contributed by atoms with Gasteiger partial charge in [-0.25, -0.2) is 0 Å². The number of hydrogen-bond donors (Lipinski definition) is 2. The van der Waals surface area contributed by atoms with E-state index >= 15 is 0 Å². The molecule has 2 aromatic carbocycles. The molecule has 0 spiro atoms. The molecule has 1 fully saturated rings. The van der Waals surface area contributed by atoms with Crippen molar-refractivity contribution in [3.05, 3.63) is 53.6 Å². The van der Waals surface area contributed by atoms with Gasteiger partial charge < -0.3 is 15.4 Å². The third kappa shape index (κ3) is 5.49. The zero-order chi connectivity index (χ0) is 21.2. The summed E-state index contributed by atoms with van der Waals surface area (Å²) in [5.41, 5.74) is -0.469. The Kier molecular flexibility index (Phi) is 5.81. The van der Waals surface area contributed by atoms with Crippen LogP contribution in [0, 0.1) is 12.8 Å². The van der Waals surface area contributed by atoms with Gasteiger partial charge in [-0.05, 0) is 62.6 Å². The Morgan fingerprint density at radius 2 is 1.83 bits per heavy atom. The molecule has 154 valence electrons. The number of rotatable bonds is 6. The maximum atomic E-state index is 13.5. The van der Waals surface area contributed by atoms with Gasteiger partial charge in [-0.2, -0.15) is 13.2 Å². The number of carbonyl (C=O) groups is 2. The lowest BCUT2D eigenvalue weighted by Crippen LogP contribution is -2.31. The lowest BCUT2D eigenvalue weighted by molar-refractivity contribution is -0.137. The molecule has 1 aliphatic carbocycles. The van der Waals surface area contributed by atoms with Gasteiger partial charge in [-0.3, -0.25) is 9.59 Å². The topological polar surface area (TPSA) is 67.4 Å². The summed E-state index contributed by atoms with van der Waals surface area (Å²) in [6, 6.07) is 10.3. The van der Waals surface area contributed by atoms with E-state index in [0.29, 0.717) is 5.75 Å². The molecule has 1 atom stereocenters. The van der Waals surface area contributed by atoms with E-state index in [1.165, 1.54) is 13.0 Å². The highest BCUT2D eigenvalue weighted by Gasteiger charge is 2.35. The number of aryl methyl sites for hydroxylation is 1. The standard InChI is InChI=1S/C21H21F3N2O3/c1-12-4-3-5-16(10-12)29-13(2)19(27)26-18-9-8-15(11-17(18)21(22,23)24)25-20(28)14-6-7-14/h3-5,8-11,13-14H,6-7H2,1-2H3,(H,25,28)(H,26,27). The van der Waals surface area contributed by atoms with E-state index < -0.39 is 29.4 Å². The highest BCUT2D eigenvalue weighted by Crippen LogP contribution is 2.37. The molecule has 0 aromatic heterocycles. The average Bonchev–Trinajstić information content (AvgIpc) is 3.47. The number of carbonyl (C=O) groups excluding carboxylic acids is 2. The van der Waals surface area contributed by atoms with E-state index in [0.717, 1.165) is 30.5 Å². The van der Waals surface area contributed by atoms with Crippen LogP contribution in [0.4, 0.5) is 24.5 Å². The van der Waals surface area contributed by atoms with E-state index in [1.807, 2.05) is 13.0 Å². The Morgan fingerprint density at radius 1 is 1.10 bits per heavy atom. The number of alkyl halides is 3. The van der Waals surface area contributed by atoms with Gasteiger partial charge in [0.05, 0.1) is 11.3 Å². The SMILES string of the molecule is Cc1cccc(OC(C)C(=O)Nc2ccc(NC(=O)C3CC3)cc2C(F)(F)F)c1. The smallest absolute Gasteiger partial charge is 0.418 e. The van der Waals surface area contributed by atoms with Gasteiger partial charge >= 0.3 is 6.18 Å². The Labute approximate surface area is 166 Å². The van der Waals surface area contributed by atoms with Crippen molar-refractivity contribution in [1.29, 1.82) is 0 Å². The molecule has 0 radical (unpaired) electrons. The van der Waals surface area contributed by atoms with Crippen LogP contribution < -0.4 is 15.4 Å². The fourth-order valence-corrected chi connectivity index (χ4v) is 2.74. The molecule has 0 aliphatic heterocycles. The first kappa shape index (κ1) is 20.7. The van der Waals surface area contributed by atoms with E-state index in [2.05, 4.69) is 10.6 Å². The third-order valence-corrected chi connectivity index (χ3v) is 4.47. The quantitative estimate of drug-likeness (QED) is 0.726. The predicted octanol–water partition coefficient (Wildman–Crippen LogP) is 4.77. The zero-order valence-corrected chi connectivity index (χ0v) is 16.0. The summed E-state index contributed by atoms with van der Waals surface area (Å²) in [5, 5.41) is 4.75. The normalized spacial score (nSPS) is 14.8. The second kappa shape index (κ2) is 8.14. The molecule has 29 heavy (non-hydrogen) atoms. The first-order valence-electron chi connectivity index (χ1n) is 9.20. The summed E-state index contributed by atoms with van der Waals surface area (Å²) in [5.74, 6) is -0.702. The monoisotopic (exact) mass is 406 g/mol. The number of nitrogens with one attached hydrogen (secondary N) is 2. The van der Waals surface area contributed by atoms with Gasteiger partial charge in [0.2, 0.25) is 5.91 Å². The van der Waals surface area contributed by atoms with Crippen molar-refractivity contribution in [3.63, 3.8) is 0 Å². The van der Waals surface area contributed by atoms with E-state index in [9.17, 15) is 22.8 Å². The minimum absolute atomic E-state index is 0.0382. The molecule has 2 amide bonds. The molecule has 1 saturated carbocycles. The predicted molar refractivity (Wildman–Crippen MR) is 103 cm³/mol. The van der Waals surface area contributed by atoms with E-state index in [1.54, 1.807) is 18.2 Å². The molecule has 2 aromatic rings. The number of hydrogen-bond acceptors (Lipinski definition) is 3. The maximum absolute atomic E-state index is 13.5. The highest BCUT2D eigenvalue weighted by atomic mass is 19.4.